The molecule has 0 aliphatic carbocycles. The summed E-state index contributed by atoms with van der Waals surface area (Å²) in [5, 5.41) is 4.31. The molecule has 1 amide bonds. The average Bonchev–Trinajstić information content (AvgIpc) is 2.67. The number of carbonyl (C=O) groups is 1. The van der Waals surface area contributed by atoms with Crippen LogP contribution in [-0.4, -0.2) is 46.4 Å². The monoisotopic (exact) mass is 280 g/mol. The Morgan fingerprint density at radius 1 is 1.50 bits per heavy atom. The van der Waals surface area contributed by atoms with Gasteiger partial charge in [-0.2, -0.15) is 5.10 Å². The van der Waals surface area contributed by atoms with E-state index in [0.717, 1.165) is 30.8 Å². The van der Waals surface area contributed by atoms with Crippen molar-refractivity contribution in [1.82, 2.24) is 14.7 Å². The van der Waals surface area contributed by atoms with E-state index in [1.807, 2.05) is 25.7 Å². The molecule has 1 aromatic heterocycles. The Morgan fingerprint density at radius 2 is 2.25 bits per heavy atom. The minimum atomic E-state index is 0.0833. The lowest BCUT2D eigenvalue weighted by atomic mass is 10.1. The smallest absolute Gasteiger partial charge is 0.244 e. The van der Waals surface area contributed by atoms with E-state index >= 15 is 0 Å². The van der Waals surface area contributed by atoms with Gasteiger partial charge in [-0.3, -0.25) is 9.48 Å². The molecule has 6 nitrogen and oxygen atoms in total. The summed E-state index contributed by atoms with van der Waals surface area (Å²) in [7, 11) is 0. The predicted molar refractivity (Wildman–Crippen MR) is 77.3 cm³/mol. The maximum Gasteiger partial charge on any atom is 0.244 e. The van der Waals surface area contributed by atoms with E-state index in [-0.39, 0.29) is 18.6 Å². The molecule has 1 saturated heterocycles. The molecule has 1 aliphatic rings. The number of nitrogens with two attached hydrogens (primary N) is 1. The zero-order valence-corrected chi connectivity index (χ0v) is 12.6. The van der Waals surface area contributed by atoms with E-state index in [2.05, 4.69) is 5.10 Å². The van der Waals surface area contributed by atoms with E-state index in [1.165, 1.54) is 0 Å². The fourth-order valence-corrected chi connectivity index (χ4v) is 2.63. The predicted octanol–water partition coefficient (Wildman–Crippen LogP) is 1.11. The van der Waals surface area contributed by atoms with Crippen molar-refractivity contribution in [2.24, 2.45) is 0 Å². The van der Waals surface area contributed by atoms with Crippen LogP contribution in [0.1, 0.15) is 31.2 Å². The van der Waals surface area contributed by atoms with Gasteiger partial charge in [0.2, 0.25) is 5.91 Å². The van der Waals surface area contributed by atoms with Crippen LogP contribution in [0.4, 0.5) is 5.69 Å². The summed E-state index contributed by atoms with van der Waals surface area (Å²) in [6, 6.07) is 0. The van der Waals surface area contributed by atoms with Crippen molar-refractivity contribution in [1.29, 1.82) is 0 Å². The Morgan fingerprint density at radius 3 is 2.85 bits per heavy atom. The van der Waals surface area contributed by atoms with Crippen LogP contribution in [0.2, 0.25) is 0 Å². The highest BCUT2D eigenvalue weighted by Crippen LogP contribution is 2.17. The number of aryl methyl sites for hydroxylation is 1. The number of amides is 1. The topological polar surface area (TPSA) is 73.4 Å². The quantitative estimate of drug-likeness (QED) is 0.896. The van der Waals surface area contributed by atoms with Gasteiger partial charge in [0, 0.05) is 19.7 Å². The third-order valence-electron chi connectivity index (χ3n) is 3.86. The largest absolute Gasteiger partial charge is 0.396 e. The van der Waals surface area contributed by atoms with Gasteiger partial charge >= 0.3 is 0 Å². The Kier molecular flexibility index (Phi) is 4.65. The molecule has 0 bridgehead atoms. The van der Waals surface area contributed by atoms with Crippen molar-refractivity contribution in [3.8, 4) is 0 Å². The zero-order chi connectivity index (χ0) is 14.7. The molecule has 1 aromatic rings. The molecule has 0 saturated carbocycles. The molecule has 0 aromatic carbocycles. The molecular weight excluding hydrogens is 256 g/mol. The number of hydrogen-bond acceptors (Lipinski definition) is 4. The van der Waals surface area contributed by atoms with E-state index in [9.17, 15) is 4.79 Å². The lowest BCUT2D eigenvalue weighted by Gasteiger charge is -2.32. The van der Waals surface area contributed by atoms with Crippen LogP contribution in [0.5, 0.6) is 0 Å². The number of aromatic nitrogens is 2. The maximum atomic E-state index is 12.4. The Balaban J connectivity index is 1.99. The van der Waals surface area contributed by atoms with Gasteiger partial charge in [0.05, 0.1) is 23.2 Å². The summed E-state index contributed by atoms with van der Waals surface area (Å²) in [5.74, 6) is 0.0833. The molecule has 2 N–H and O–H groups in total. The molecule has 0 spiro atoms. The molecular formula is C14H24N4O2. The number of ether oxygens (including phenoxy) is 1. The van der Waals surface area contributed by atoms with Gasteiger partial charge in [-0.05, 0) is 33.6 Å². The van der Waals surface area contributed by atoms with Gasteiger partial charge in [-0.25, -0.2) is 0 Å². The zero-order valence-electron chi connectivity index (χ0n) is 12.6. The van der Waals surface area contributed by atoms with Crippen LogP contribution in [0.3, 0.4) is 0 Å². The summed E-state index contributed by atoms with van der Waals surface area (Å²) in [4.78, 5) is 14.2. The summed E-state index contributed by atoms with van der Waals surface area (Å²) < 4.78 is 7.32. The van der Waals surface area contributed by atoms with E-state index in [4.69, 9.17) is 10.5 Å². The van der Waals surface area contributed by atoms with E-state index < -0.39 is 0 Å². The van der Waals surface area contributed by atoms with Crippen LogP contribution < -0.4 is 5.73 Å². The molecule has 20 heavy (non-hydrogen) atoms. The second-order valence-electron chi connectivity index (χ2n) is 5.30. The first-order valence-corrected chi connectivity index (χ1v) is 7.21. The first-order valence-electron chi connectivity index (χ1n) is 7.21. The SMILES string of the molecule is CCOC1CCCN(C(=O)Cn2nc(C)c(N)c2C)C1. The second-order valence-corrected chi connectivity index (χ2v) is 5.30. The van der Waals surface area contributed by atoms with Gasteiger partial charge in [-0.1, -0.05) is 0 Å². The molecule has 1 atom stereocenters. The number of rotatable bonds is 4. The van der Waals surface area contributed by atoms with Crippen molar-refractivity contribution in [2.75, 3.05) is 25.4 Å². The van der Waals surface area contributed by atoms with Crippen LogP contribution in [0.25, 0.3) is 0 Å². The molecule has 6 heteroatoms. The number of anilines is 1. The van der Waals surface area contributed by atoms with Gasteiger partial charge < -0.3 is 15.4 Å². The lowest BCUT2D eigenvalue weighted by Crippen LogP contribution is -2.44. The van der Waals surface area contributed by atoms with Crippen molar-refractivity contribution >= 4 is 11.6 Å². The highest BCUT2D eigenvalue weighted by molar-refractivity contribution is 5.76. The first-order chi connectivity index (χ1) is 9.52. The number of hydrogen-bond donors (Lipinski definition) is 1. The van der Waals surface area contributed by atoms with Crippen LogP contribution in [-0.2, 0) is 16.1 Å². The Bertz CT molecular complexity index is 482. The Labute approximate surface area is 119 Å². The molecule has 1 aliphatic heterocycles. The number of piperidine rings is 1. The molecule has 1 fully saturated rings. The second kappa shape index (κ2) is 6.26. The van der Waals surface area contributed by atoms with Crippen molar-refractivity contribution in [2.45, 2.75) is 46.3 Å². The number of nitrogens with zero attached hydrogens (tertiary/aromatic N) is 3. The highest BCUT2D eigenvalue weighted by atomic mass is 16.5. The van der Waals surface area contributed by atoms with E-state index in [0.29, 0.717) is 18.8 Å². The van der Waals surface area contributed by atoms with Crippen LogP contribution >= 0.6 is 0 Å². The minimum absolute atomic E-state index is 0.0833. The van der Waals surface area contributed by atoms with Crippen LogP contribution in [0.15, 0.2) is 0 Å². The minimum Gasteiger partial charge on any atom is -0.396 e. The van der Waals surface area contributed by atoms with Crippen molar-refractivity contribution < 1.29 is 9.53 Å². The fourth-order valence-electron chi connectivity index (χ4n) is 2.63. The first kappa shape index (κ1) is 14.8. The summed E-state index contributed by atoms with van der Waals surface area (Å²) in [6.07, 6.45) is 2.20. The number of nitrogen functional groups attached to an aromatic ring is 1. The third-order valence-corrected chi connectivity index (χ3v) is 3.86. The van der Waals surface area contributed by atoms with Crippen molar-refractivity contribution in [3.05, 3.63) is 11.4 Å². The number of likely N-dealkylation sites (tertiary alicyclic amines) is 1. The van der Waals surface area contributed by atoms with Crippen molar-refractivity contribution in [3.63, 3.8) is 0 Å². The van der Waals surface area contributed by atoms with Gasteiger partial charge in [0.1, 0.15) is 6.54 Å². The normalized spacial score (nSPS) is 19.4. The maximum absolute atomic E-state index is 12.4. The third kappa shape index (κ3) is 3.12. The molecule has 1 unspecified atom stereocenters. The summed E-state index contributed by atoms with van der Waals surface area (Å²) >= 11 is 0. The average molecular weight is 280 g/mol. The molecule has 2 rings (SSSR count). The Hall–Kier alpha value is -1.56. The fraction of sp³-hybridized carbons (Fsp3) is 0.714. The van der Waals surface area contributed by atoms with Gasteiger partial charge in [0.15, 0.2) is 0 Å². The van der Waals surface area contributed by atoms with Gasteiger partial charge in [-0.15, -0.1) is 0 Å². The molecule has 112 valence electrons. The summed E-state index contributed by atoms with van der Waals surface area (Å²) in [6.45, 7) is 8.17. The van der Waals surface area contributed by atoms with Gasteiger partial charge in [0.25, 0.3) is 0 Å². The number of carbonyl (C=O) groups excluding carboxylic acids is 1. The molecule has 0 radical (unpaired) electrons. The highest BCUT2D eigenvalue weighted by Gasteiger charge is 2.24. The molecule has 2 heterocycles. The standard InChI is InChI=1S/C14H24N4O2/c1-4-20-12-6-5-7-17(8-12)13(19)9-18-11(3)14(15)10(2)16-18/h12H,4-9,15H2,1-3H3. The van der Waals surface area contributed by atoms with Crippen LogP contribution in [0, 0.1) is 13.8 Å². The summed E-state index contributed by atoms with van der Waals surface area (Å²) in [5.41, 5.74) is 8.19. The lowest BCUT2D eigenvalue weighted by molar-refractivity contribution is -0.136. The van der Waals surface area contributed by atoms with E-state index in [1.54, 1.807) is 4.68 Å².